The molecule has 0 aliphatic rings. The molecule has 6 nitrogen and oxygen atoms in total. The van der Waals surface area contributed by atoms with E-state index in [2.05, 4.69) is 15.6 Å². The molecule has 0 spiro atoms. The van der Waals surface area contributed by atoms with Crippen molar-refractivity contribution in [2.75, 3.05) is 5.32 Å². The van der Waals surface area contributed by atoms with E-state index in [0.29, 0.717) is 10.7 Å². The van der Waals surface area contributed by atoms with E-state index < -0.39 is 18.0 Å². The average molecular weight is 358 g/mol. The molecule has 0 saturated carbocycles. The zero-order valence-corrected chi connectivity index (χ0v) is 13.9. The van der Waals surface area contributed by atoms with Crippen molar-refractivity contribution in [3.8, 4) is 0 Å². The summed E-state index contributed by atoms with van der Waals surface area (Å²) in [7, 11) is 0. The number of carboxylic acid groups (broad SMARTS) is 1. The lowest BCUT2D eigenvalue weighted by molar-refractivity contribution is -0.139. The number of carbonyl (C=O) groups excluding carboxylic acids is 1. The van der Waals surface area contributed by atoms with Gasteiger partial charge < -0.3 is 20.7 Å². The number of nitrogens with one attached hydrogen (secondary N) is 3. The molecule has 25 heavy (non-hydrogen) atoms. The van der Waals surface area contributed by atoms with Gasteiger partial charge in [0.2, 0.25) is 0 Å². The van der Waals surface area contributed by atoms with Gasteiger partial charge in [-0.2, -0.15) is 0 Å². The van der Waals surface area contributed by atoms with Crippen molar-refractivity contribution >= 4 is 40.2 Å². The molecule has 3 aromatic rings. The normalized spacial score (nSPS) is 11.9. The predicted molar refractivity (Wildman–Crippen MR) is 97.0 cm³/mol. The molecular formula is C18H16ClN3O3. The first-order valence-electron chi connectivity index (χ1n) is 7.64. The van der Waals surface area contributed by atoms with Crippen LogP contribution in [0.15, 0.2) is 54.7 Å². The van der Waals surface area contributed by atoms with Crippen LogP contribution >= 0.6 is 11.6 Å². The average Bonchev–Trinajstić information content (AvgIpc) is 2.99. The number of para-hydroxylation sites is 1. The van der Waals surface area contributed by atoms with Crippen molar-refractivity contribution < 1.29 is 14.7 Å². The summed E-state index contributed by atoms with van der Waals surface area (Å²) in [6, 6.07) is 12.5. The van der Waals surface area contributed by atoms with Crippen molar-refractivity contribution in [1.29, 1.82) is 0 Å². The number of amides is 2. The third kappa shape index (κ3) is 4.10. The fraction of sp³-hybridized carbons (Fsp3) is 0.111. The van der Waals surface area contributed by atoms with Gasteiger partial charge in [0.25, 0.3) is 0 Å². The molecule has 1 atom stereocenters. The summed E-state index contributed by atoms with van der Waals surface area (Å²) in [4.78, 5) is 26.7. The van der Waals surface area contributed by atoms with Crippen LogP contribution in [0.2, 0.25) is 5.02 Å². The van der Waals surface area contributed by atoms with Gasteiger partial charge in [-0.1, -0.05) is 29.8 Å². The summed E-state index contributed by atoms with van der Waals surface area (Å²) in [5, 5.41) is 16.0. The smallest absolute Gasteiger partial charge is 0.326 e. The molecule has 0 saturated heterocycles. The van der Waals surface area contributed by atoms with Crippen molar-refractivity contribution in [2.24, 2.45) is 0 Å². The molecule has 1 aromatic heterocycles. The van der Waals surface area contributed by atoms with Crippen LogP contribution in [-0.2, 0) is 11.2 Å². The quantitative estimate of drug-likeness (QED) is 0.561. The lowest BCUT2D eigenvalue weighted by Gasteiger charge is -2.15. The van der Waals surface area contributed by atoms with Gasteiger partial charge in [0.1, 0.15) is 6.04 Å². The van der Waals surface area contributed by atoms with E-state index in [9.17, 15) is 14.7 Å². The third-order valence-corrected chi connectivity index (χ3v) is 4.06. The van der Waals surface area contributed by atoms with Crippen LogP contribution in [0.4, 0.5) is 10.5 Å². The second-order valence-electron chi connectivity index (χ2n) is 5.56. The molecule has 2 aromatic carbocycles. The molecule has 128 valence electrons. The minimum Gasteiger partial charge on any atom is -0.480 e. The number of aromatic amines is 1. The lowest BCUT2D eigenvalue weighted by Crippen LogP contribution is -2.44. The van der Waals surface area contributed by atoms with E-state index in [1.807, 2.05) is 24.3 Å². The number of aromatic nitrogens is 1. The Balaban J connectivity index is 1.69. The third-order valence-electron chi connectivity index (χ3n) is 3.80. The van der Waals surface area contributed by atoms with Gasteiger partial charge in [-0.15, -0.1) is 0 Å². The monoisotopic (exact) mass is 357 g/mol. The number of hydrogen-bond donors (Lipinski definition) is 4. The number of urea groups is 1. The van der Waals surface area contributed by atoms with Gasteiger partial charge in [0, 0.05) is 34.2 Å². The number of carbonyl (C=O) groups is 2. The molecule has 0 aliphatic heterocycles. The standard InChI is InChI=1S/C18H16ClN3O3/c19-12-5-7-13(8-6-12)21-18(25)22-16(17(23)24)9-11-10-20-15-4-2-1-3-14(11)15/h1-8,10,16,20H,9H2,(H,23,24)(H2,21,22,25). The zero-order chi connectivity index (χ0) is 17.8. The fourth-order valence-corrected chi connectivity index (χ4v) is 2.71. The molecule has 0 radical (unpaired) electrons. The Bertz CT molecular complexity index is 905. The van der Waals surface area contributed by atoms with Crippen LogP contribution < -0.4 is 10.6 Å². The van der Waals surface area contributed by atoms with Crippen LogP contribution in [0.5, 0.6) is 0 Å². The van der Waals surface area contributed by atoms with E-state index in [4.69, 9.17) is 11.6 Å². The van der Waals surface area contributed by atoms with Gasteiger partial charge in [-0.3, -0.25) is 0 Å². The molecule has 7 heteroatoms. The van der Waals surface area contributed by atoms with Gasteiger partial charge in [-0.05, 0) is 35.9 Å². The molecule has 0 fully saturated rings. The summed E-state index contributed by atoms with van der Waals surface area (Å²) >= 11 is 5.79. The van der Waals surface area contributed by atoms with Crippen LogP contribution in [-0.4, -0.2) is 28.1 Å². The van der Waals surface area contributed by atoms with E-state index in [1.165, 1.54) is 0 Å². The maximum atomic E-state index is 12.1. The Kier molecular flexibility index (Phi) is 4.90. The minimum atomic E-state index is -1.10. The lowest BCUT2D eigenvalue weighted by atomic mass is 10.1. The first-order chi connectivity index (χ1) is 12.0. The van der Waals surface area contributed by atoms with Gasteiger partial charge in [0.05, 0.1) is 0 Å². The summed E-state index contributed by atoms with van der Waals surface area (Å²) < 4.78 is 0. The highest BCUT2D eigenvalue weighted by Crippen LogP contribution is 2.19. The molecular weight excluding hydrogens is 342 g/mol. The molecule has 2 amide bonds. The van der Waals surface area contributed by atoms with Gasteiger partial charge in [-0.25, -0.2) is 9.59 Å². The van der Waals surface area contributed by atoms with Gasteiger partial charge >= 0.3 is 12.0 Å². The second-order valence-corrected chi connectivity index (χ2v) is 6.00. The Morgan fingerprint density at radius 2 is 1.84 bits per heavy atom. The Morgan fingerprint density at radius 3 is 2.56 bits per heavy atom. The number of rotatable bonds is 5. The van der Waals surface area contributed by atoms with Crippen LogP contribution in [0.25, 0.3) is 10.9 Å². The van der Waals surface area contributed by atoms with E-state index in [1.54, 1.807) is 30.5 Å². The van der Waals surface area contributed by atoms with E-state index >= 15 is 0 Å². The molecule has 0 aliphatic carbocycles. The molecule has 1 heterocycles. The predicted octanol–water partition coefficient (Wildman–Crippen LogP) is 3.64. The first kappa shape index (κ1) is 16.9. The highest BCUT2D eigenvalue weighted by atomic mass is 35.5. The van der Waals surface area contributed by atoms with Crippen LogP contribution in [0.3, 0.4) is 0 Å². The molecule has 0 bridgehead atoms. The van der Waals surface area contributed by atoms with Crippen molar-refractivity contribution in [1.82, 2.24) is 10.3 Å². The summed E-state index contributed by atoms with van der Waals surface area (Å²) in [6.45, 7) is 0. The highest BCUT2D eigenvalue weighted by molar-refractivity contribution is 6.30. The number of anilines is 1. The largest absolute Gasteiger partial charge is 0.480 e. The van der Waals surface area contributed by atoms with Crippen molar-refractivity contribution in [2.45, 2.75) is 12.5 Å². The van der Waals surface area contributed by atoms with Crippen molar-refractivity contribution in [3.63, 3.8) is 0 Å². The summed E-state index contributed by atoms with van der Waals surface area (Å²) in [5.41, 5.74) is 2.28. The number of H-pyrrole nitrogens is 1. The zero-order valence-electron chi connectivity index (χ0n) is 13.1. The van der Waals surface area contributed by atoms with Gasteiger partial charge in [0.15, 0.2) is 0 Å². The van der Waals surface area contributed by atoms with E-state index in [0.717, 1.165) is 16.5 Å². The molecule has 1 unspecified atom stereocenters. The van der Waals surface area contributed by atoms with E-state index in [-0.39, 0.29) is 6.42 Å². The Hall–Kier alpha value is -2.99. The minimum absolute atomic E-state index is 0.174. The summed E-state index contributed by atoms with van der Waals surface area (Å²) in [5.74, 6) is -1.10. The molecule has 4 N–H and O–H groups in total. The number of aliphatic carboxylic acids is 1. The van der Waals surface area contributed by atoms with Crippen molar-refractivity contribution in [3.05, 3.63) is 65.3 Å². The van der Waals surface area contributed by atoms with Crippen LogP contribution in [0, 0.1) is 0 Å². The molecule has 3 rings (SSSR count). The maximum Gasteiger partial charge on any atom is 0.326 e. The Morgan fingerprint density at radius 1 is 1.12 bits per heavy atom. The number of halogens is 1. The SMILES string of the molecule is O=C(Nc1ccc(Cl)cc1)NC(Cc1c[nH]c2ccccc12)C(=O)O. The topological polar surface area (TPSA) is 94.2 Å². The number of carboxylic acids is 1. The first-order valence-corrected chi connectivity index (χ1v) is 8.01. The number of hydrogen-bond acceptors (Lipinski definition) is 2. The Labute approximate surface area is 148 Å². The highest BCUT2D eigenvalue weighted by Gasteiger charge is 2.21. The summed E-state index contributed by atoms with van der Waals surface area (Å²) in [6.07, 6.45) is 1.94. The number of benzene rings is 2. The maximum absolute atomic E-state index is 12.1. The fourth-order valence-electron chi connectivity index (χ4n) is 2.58. The second kappa shape index (κ2) is 7.27. The van der Waals surface area contributed by atoms with Crippen LogP contribution in [0.1, 0.15) is 5.56 Å². The number of fused-ring (bicyclic) bond motifs is 1.